The van der Waals surface area contributed by atoms with E-state index in [1.807, 2.05) is 41.3 Å². The number of hydrogen-bond acceptors (Lipinski definition) is 8. The molecule has 1 fully saturated rings. The molecule has 10 heteroatoms. The predicted molar refractivity (Wildman–Crippen MR) is 147 cm³/mol. The molecule has 0 atom stereocenters. The summed E-state index contributed by atoms with van der Waals surface area (Å²) in [5.41, 5.74) is 2.30. The van der Waals surface area contributed by atoms with Crippen molar-refractivity contribution < 1.29 is 23.7 Å². The van der Waals surface area contributed by atoms with E-state index in [9.17, 15) is 25.0 Å². The van der Waals surface area contributed by atoms with Gasteiger partial charge in [-0.15, -0.1) is 0 Å². The largest absolute Gasteiger partial charge is 0.457 e. The number of morpholine rings is 1. The lowest BCUT2D eigenvalue weighted by atomic mass is 9.94. The van der Waals surface area contributed by atoms with Crippen LogP contribution in [0.3, 0.4) is 0 Å². The van der Waals surface area contributed by atoms with Gasteiger partial charge in [0.25, 0.3) is 17.5 Å². The molecule has 2 amide bonds. The number of nitrogens with zero attached hydrogens (tertiary/aromatic N) is 4. The molecule has 10 nitrogen and oxygen atoms in total. The molecule has 3 aromatic rings. The SMILES string of the molecule is CC1=C(C#N)C(=O)N(CCc2ccccc2)C(=O)/C1=C/c1ccc(-c2ccc(N3CCOCC3)c([N+](=O)[O-])c2)o1. The first kappa shape index (κ1) is 26.6. The second kappa shape index (κ2) is 11.4. The monoisotopic (exact) mass is 538 g/mol. The van der Waals surface area contributed by atoms with Gasteiger partial charge in [-0.05, 0) is 54.8 Å². The van der Waals surface area contributed by atoms with Crippen molar-refractivity contribution in [1.29, 1.82) is 5.26 Å². The van der Waals surface area contributed by atoms with E-state index in [4.69, 9.17) is 9.15 Å². The van der Waals surface area contributed by atoms with Crippen molar-refractivity contribution in [2.45, 2.75) is 13.3 Å². The van der Waals surface area contributed by atoms with Crippen LogP contribution < -0.4 is 4.90 Å². The number of carbonyl (C=O) groups excluding carboxylic acids is 2. The highest BCUT2D eigenvalue weighted by molar-refractivity contribution is 6.19. The zero-order chi connectivity index (χ0) is 28.2. The molecule has 202 valence electrons. The lowest BCUT2D eigenvalue weighted by molar-refractivity contribution is -0.384. The Kier molecular flexibility index (Phi) is 7.57. The van der Waals surface area contributed by atoms with Crippen LogP contribution in [-0.4, -0.2) is 54.5 Å². The molecule has 0 bridgehead atoms. The number of imide groups is 1. The van der Waals surface area contributed by atoms with Crippen LogP contribution in [0, 0.1) is 21.4 Å². The van der Waals surface area contributed by atoms with Crippen LogP contribution in [0.5, 0.6) is 0 Å². The van der Waals surface area contributed by atoms with E-state index in [2.05, 4.69) is 0 Å². The van der Waals surface area contributed by atoms with Crippen molar-refractivity contribution in [3.63, 3.8) is 0 Å². The molecule has 1 saturated heterocycles. The quantitative estimate of drug-likeness (QED) is 0.186. The standard InChI is InChI=1S/C30H26N4O6/c1-20-24(29(35)33(30(36)25(20)19-31)12-11-21-5-3-2-4-6-21)18-23-8-10-28(40-23)22-7-9-26(27(17-22)34(37)38)32-13-15-39-16-14-32/h2-10,17-18H,11-16H2,1H3/b24-18+. The number of hydrogen-bond donors (Lipinski definition) is 0. The van der Waals surface area contributed by atoms with E-state index >= 15 is 0 Å². The van der Waals surface area contributed by atoms with Crippen LogP contribution in [0.1, 0.15) is 18.2 Å². The molecule has 2 aliphatic rings. The molecule has 0 N–H and O–H groups in total. The maximum atomic E-state index is 13.4. The molecule has 3 heterocycles. The molecule has 0 aliphatic carbocycles. The summed E-state index contributed by atoms with van der Waals surface area (Å²) < 4.78 is 11.3. The summed E-state index contributed by atoms with van der Waals surface area (Å²) in [6.45, 7) is 3.82. The van der Waals surface area contributed by atoms with Gasteiger partial charge in [0, 0.05) is 36.8 Å². The Balaban J connectivity index is 1.43. The van der Waals surface area contributed by atoms with Gasteiger partial charge in [0.05, 0.1) is 18.1 Å². The van der Waals surface area contributed by atoms with Gasteiger partial charge in [0.15, 0.2) is 0 Å². The van der Waals surface area contributed by atoms with Crippen molar-refractivity contribution in [2.75, 3.05) is 37.7 Å². The Morgan fingerprint density at radius 2 is 1.80 bits per heavy atom. The second-order valence-electron chi connectivity index (χ2n) is 9.43. The van der Waals surface area contributed by atoms with Crippen LogP contribution in [0.4, 0.5) is 11.4 Å². The van der Waals surface area contributed by atoms with E-state index in [1.54, 1.807) is 31.2 Å². The zero-order valence-electron chi connectivity index (χ0n) is 21.8. The normalized spacial score (nSPS) is 16.9. The van der Waals surface area contributed by atoms with E-state index in [1.165, 1.54) is 12.1 Å². The van der Waals surface area contributed by atoms with Crippen LogP contribution in [0.15, 0.2) is 81.8 Å². The molecular formula is C30H26N4O6. The summed E-state index contributed by atoms with van der Waals surface area (Å²) in [7, 11) is 0. The molecule has 5 rings (SSSR count). The minimum atomic E-state index is -0.620. The molecular weight excluding hydrogens is 512 g/mol. The minimum Gasteiger partial charge on any atom is -0.457 e. The summed E-state index contributed by atoms with van der Waals surface area (Å²) >= 11 is 0. The number of carbonyl (C=O) groups is 2. The van der Waals surface area contributed by atoms with Crippen molar-refractivity contribution in [3.8, 4) is 17.4 Å². The van der Waals surface area contributed by atoms with Crippen LogP contribution in [0.25, 0.3) is 17.4 Å². The Bertz CT molecular complexity index is 1570. The summed E-state index contributed by atoms with van der Waals surface area (Å²) in [6.07, 6.45) is 1.95. The maximum absolute atomic E-state index is 13.4. The van der Waals surface area contributed by atoms with Gasteiger partial charge in [-0.3, -0.25) is 24.6 Å². The number of nitriles is 1. The number of rotatable bonds is 7. The molecule has 40 heavy (non-hydrogen) atoms. The van der Waals surface area contributed by atoms with E-state index in [0.717, 1.165) is 10.5 Å². The lowest BCUT2D eigenvalue weighted by Crippen LogP contribution is -2.43. The molecule has 0 saturated carbocycles. The lowest BCUT2D eigenvalue weighted by Gasteiger charge is -2.28. The molecule has 2 aromatic carbocycles. The first-order chi connectivity index (χ1) is 19.4. The number of amides is 2. The summed E-state index contributed by atoms with van der Waals surface area (Å²) in [5.74, 6) is -0.440. The Hall–Kier alpha value is -5.01. The second-order valence-corrected chi connectivity index (χ2v) is 9.43. The highest BCUT2D eigenvalue weighted by atomic mass is 16.6. The molecule has 0 radical (unpaired) electrons. The van der Waals surface area contributed by atoms with Gasteiger partial charge in [-0.2, -0.15) is 5.26 Å². The number of nitro groups is 1. The maximum Gasteiger partial charge on any atom is 0.293 e. The Morgan fingerprint density at radius 1 is 1.05 bits per heavy atom. The highest BCUT2D eigenvalue weighted by Crippen LogP contribution is 2.35. The smallest absolute Gasteiger partial charge is 0.293 e. The van der Waals surface area contributed by atoms with Gasteiger partial charge < -0.3 is 14.1 Å². The summed E-state index contributed by atoms with van der Waals surface area (Å²) in [6, 6.07) is 19.6. The fraction of sp³-hybridized carbons (Fsp3) is 0.233. The molecule has 0 unspecified atom stereocenters. The Labute approximate surface area is 230 Å². The topological polar surface area (TPSA) is 130 Å². The van der Waals surface area contributed by atoms with Gasteiger partial charge in [0.2, 0.25) is 0 Å². The number of furan rings is 1. The fourth-order valence-electron chi connectivity index (χ4n) is 4.84. The van der Waals surface area contributed by atoms with Crippen LogP contribution in [-0.2, 0) is 20.7 Å². The number of benzene rings is 2. The van der Waals surface area contributed by atoms with Gasteiger partial charge in [-0.1, -0.05) is 30.3 Å². The van der Waals surface area contributed by atoms with Gasteiger partial charge >= 0.3 is 0 Å². The summed E-state index contributed by atoms with van der Waals surface area (Å²) in [4.78, 5) is 40.7. The molecule has 1 aromatic heterocycles. The minimum absolute atomic E-state index is 0.0387. The van der Waals surface area contributed by atoms with Crippen molar-refractivity contribution in [3.05, 3.63) is 98.8 Å². The van der Waals surface area contributed by atoms with Crippen LogP contribution >= 0.6 is 0 Å². The van der Waals surface area contributed by atoms with Crippen molar-refractivity contribution in [1.82, 2.24) is 4.90 Å². The first-order valence-corrected chi connectivity index (χ1v) is 12.8. The van der Waals surface area contributed by atoms with Crippen molar-refractivity contribution in [2.24, 2.45) is 0 Å². The molecule has 0 spiro atoms. The highest BCUT2D eigenvalue weighted by Gasteiger charge is 2.35. The van der Waals surface area contributed by atoms with Gasteiger partial charge in [-0.25, -0.2) is 0 Å². The number of nitro benzene ring substituents is 1. The average Bonchev–Trinajstić information content (AvgIpc) is 3.45. The number of anilines is 1. The van der Waals surface area contributed by atoms with E-state index in [-0.39, 0.29) is 29.0 Å². The third kappa shape index (κ3) is 5.28. The van der Waals surface area contributed by atoms with Gasteiger partial charge in [0.1, 0.15) is 28.9 Å². The van der Waals surface area contributed by atoms with E-state index < -0.39 is 16.7 Å². The zero-order valence-corrected chi connectivity index (χ0v) is 21.8. The summed E-state index contributed by atoms with van der Waals surface area (Å²) in [5, 5.41) is 21.5. The average molecular weight is 539 g/mol. The third-order valence-electron chi connectivity index (χ3n) is 7.01. The fourth-order valence-corrected chi connectivity index (χ4v) is 4.84. The van der Waals surface area contributed by atoms with Crippen LogP contribution in [0.2, 0.25) is 0 Å². The third-order valence-corrected chi connectivity index (χ3v) is 7.01. The van der Waals surface area contributed by atoms with Crippen molar-refractivity contribution >= 4 is 29.3 Å². The molecule has 2 aliphatic heterocycles. The first-order valence-electron chi connectivity index (χ1n) is 12.8. The Morgan fingerprint density at radius 3 is 2.50 bits per heavy atom. The van der Waals surface area contributed by atoms with E-state index in [0.29, 0.717) is 55.5 Å². The number of ether oxygens (including phenoxy) is 1. The predicted octanol–water partition coefficient (Wildman–Crippen LogP) is 4.53.